The third kappa shape index (κ3) is 7.98. The molecule has 0 aliphatic rings. The van der Waals surface area contributed by atoms with E-state index in [1.54, 1.807) is 30.3 Å². The molecular weight excluding hydrogens is 656 g/mol. The van der Waals surface area contributed by atoms with E-state index in [4.69, 9.17) is 11.6 Å². The maximum absolute atomic E-state index is 12.6. The maximum Gasteiger partial charge on any atom is 0.417 e. The second-order valence-electron chi connectivity index (χ2n) is 9.37. The summed E-state index contributed by atoms with van der Waals surface area (Å²) in [5, 5.41) is 38.9. The molecule has 6 rings (SSSR count). The number of nitrogens with zero attached hydrogens (tertiary/aromatic N) is 6. The number of phenolic OH excluding ortho intramolecular Hbond substituents is 2. The third-order valence-electron chi connectivity index (χ3n) is 6.28. The molecule has 8 nitrogen and oxygen atoms in total. The first-order valence-corrected chi connectivity index (χ1v) is 13.4. The molecule has 2 aromatic heterocycles. The largest absolute Gasteiger partial charge is 0.506 e. The number of benzene rings is 4. The molecule has 231 valence electrons. The van der Waals surface area contributed by atoms with Gasteiger partial charge in [0.15, 0.2) is 11.6 Å². The van der Waals surface area contributed by atoms with Gasteiger partial charge < -0.3 is 10.2 Å². The molecule has 0 aliphatic heterocycles. The molecule has 2 heterocycles. The van der Waals surface area contributed by atoms with Gasteiger partial charge in [-0.15, -0.1) is 20.5 Å². The normalized spacial score (nSPS) is 11.5. The van der Waals surface area contributed by atoms with Gasteiger partial charge in [-0.1, -0.05) is 78.3 Å². The number of azo groups is 2. The summed E-state index contributed by atoms with van der Waals surface area (Å²) in [4.78, 5) is 7.83. The van der Waals surface area contributed by atoms with Crippen molar-refractivity contribution >= 4 is 56.2 Å². The van der Waals surface area contributed by atoms with Crippen molar-refractivity contribution in [1.29, 1.82) is 0 Å². The molecule has 0 amide bonds. The van der Waals surface area contributed by atoms with Crippen molar-refractivity contribution in [3.05, 3.63) is 120 Å². The van der Waals surface area contributed by atoms with E-state index >= 15 is 0 Å². The summed E-state index contributed by atoms with van der Waals surface area (Å²) < 4.78 is 37.8. The number of halogens is 4. The first-order valence-electron chi connectivity index (χ1n) is 13.0. The van der Waals surface area contributed by atoms with Gasteiger partial charge >= 0.3 is 6.18 Å². The van der Waals surface area contributed by atoms with Crippen LogP contribution in [0.1, 0.15) is 11.3 Å². The zero-order valence-electron chi connectivity index (χ0n) is 23.2. The minimum Gasteiger partial charge on any atom is -0.506 e. The number of aryl methyl sites for hydroxylation is 1. The van der Waals surface area contributed by atoms with E-state index in [-0.39, 0.29) is 45.1 Å². The number of fused-ring (bicyclic) bond motifs is 2. The second-order valence-corrected chi connectivity index (χ2v) is 9.78. The zero-order chi connectivity index (χ0) is 31.3. The summed E-state index contributed by atoms with van der Waals surface area (Å²) in [6.45, 7) is 1.90. The topological polar surface area (TPSA) is 116 Å². The molecule has 0 bridgehead atoms. The summed E-state index contributed by atoms with van der Waals surface area (Å²) in [7, 11) is 0. The summed E-state index contributed by atoms with van der Waals surface area (Å²) in [6.07, 6.45) is -3.91. The summed E-state index contributed by atoms with van der Waals surface area (Å²) in [5.74, 6) is 0.356. The molecule has 13 heteroatoms. The average Bonchev–Trinajstić information content (AvgIpc) is 3.00. The molecule has 0 unspecified atom stereocenters. The van der Waals surface area contributed by atoms with Crippen molar-refractivity contribution in [3.8, 4) is 11.5 Å². The molecule has 0 aliphatic carbocycles. The van der Waals surface area contributed by atoms with Crippen LogP contribution in [0.5, 0.6) is 11.5 Å². The summed E-state index contributed by atoms with van der Waals surface area (Å²) >= 11 is 5.78. The van der Waals surface area contributed by atoms with Crippen molar-refractivity contribution in [2.75, 3.05) is 0 Å². The Labute approximate surface area is 270 Å². The number of alkyl halides is 3. The molecule has 0 spiro atoms. The molecule has 0 atom stereocenters. The van der Waals surface area contributed by atoms with Crippen LogP contribution in [0.2, 0.25) is 5.02 Å². The fourth-order valence-corrected chi connectivity index (χ4v) is 4.34. The molecular formula is C32H22ClCuF3N6O2. The number of hydrogen-bond donors (Lipinski definition) is 2. The van der Waals surface area contributed by atoms with E-state index in [1.165, 1.54) is 6.07 Å². The SMILES string of the molecule is Cc1cccc(N=Nc2c(O)ccc3ccccc23)n1.Oc1ccc2ccccc2c1N=Nc1ncc(C(F)(F)F)cc1Cl.[Cu]. The Bertz CT molecular complexity index is 2040. The first kappa shape index (κ1) is 33.0. The minimum absolute atomic E-state index is 0. The maximum atomic E-state index is 12.6. The molecule has 4 aromatic carbocycles. The average molecular weight is 679 g/mol. The van der Waals surface area contributed by atoms with Crippen LogP contribution in [0.25, 0.3) is 21.5 Å². The van der Waals surface area contributed by atoms with Gasteiger partial charge in [-0.2, -0.15) is 13.2 Å². The van der Waals surface area contributed by atoms with Crippen molar-refractivity contribution in [3.63, 3.8) is 0 Å². The predicted molar refractivity (Wildman–Crippen MR) is 163 cm³/mol. The number of hydrogen-bond acceptors (Lipinski definition) is 8. The van der Waals surface area contributed by atoms with Crippen LogP contribution in [0.15, 0.2) is 124 Å². The Morgan fingerprint density at radius 3 is 1.78 bits per heavy atom. The van der Waals surface area contributed by atoms with E-state index in [0.717, 1.165) is 27.9 Å². The first-order chi connectivity index (χ1) is 21.1. The van der Waals surface area contributed by atoms with E-state index in [0.29, 0.717) is 23.1 Å². The van der Waals surface area contributed by atoms with Crippen LogP contribution < -0.4 is 0 Å². The minimum atomic E-state index is -4.54. The van der Waals surface area contributed by atoms with Crippen molar-refractivity contribution < 1.29 is 40.5 Å². The summed E-state index contributed by atoms with van der Waals surface area (Å²) in [5.41, 5.74) is 0.556. The van der Waals surface area contributed by atoms with Crippen molar-refractivity contribution in [2.24, 2.45) is 20.5 Å². The quantitative estimate of drug-likeness (QED) is 0.143. The fourth-order valence-electron chi connectivity index (χ4n) is 4.14. The molecule has 0 fully saturated rings. The fraction of sp³-hybridized carbons (Fsp3) is 0.0625. The van der Waals surface area contributed by atoms with Gasteiger partial charge in [0.2, 0.25) is 0 Å². The van der Waals surface area contributed by atoms with Gasteiger partial charge in [0.25, 0.3) is 0 Å². The monoisotopic (exact) mass is 677 g/mol. The van der Waals surface area contributed by atoms with E-state index in [9.17, 15) is 23.4 Å². The molecule has 1 radical (unpaired) electrons. The van der Waals surface area contributed by atoms with Gasteiger partial charge in [0.05, 0.1) is 10.6 Å². The Hall–Kier alpha value is -4.90. The molecule has 6 aromatic rings. The van der Waals surface area contributed by atoms with Crippen LogP contribution in [0.4, 0.5) is 36.2 Å². The Morgan fingerprint density at radius 2 is 1.24 bits per heavy atom. The van der Waals surface area contributed by atoms with Crippen LogP contribution in [0, 0.1) is 6.92 Å². The van der Waals surface area contributed by atoms with Gasteiger partial charge in [0, 0.05) is 39.7 Å². The molecule has 2 N–H and O–H groups in total. The number of aromatic hydroxyl groups is 2. The van der Waals surface area contributed by atoms with Gasteiger partial charge in [-0.25, -0.2) is 9.97 Å². The predicted octanol–water partition coefficient (Wildman–Crippen LogP) is 10.7. The standard InChI is InChI=1S/C16H9ClF3N3O.C16H13N3O.Cu/c17-12-7-10(16(18,19)20)8-21-15(12)23-22-14-11-4-2-1-3-9(11)5-6-13(14)24;1-11-5-4-8-15(17-11)18-19-16-13-7-3-2-6-12(13)9-10-14(16)20;/h1-8,24H;2-10,20H,1H3;. The second kappa shape index (κ2) is 14.3. The van der Waals surface area contributed by atoms with Crippen molar-refractivity contribution in [1.82, 2.24) is 9.97 Å². The summed E-state index contributed by atoms with van der Waals surface area (Å²) in [6, 6.07) is 27.8. The Balaban J connectivity index is 0.000000203. The van der Waals surface area contributed by atoms with Gasteiger partial charge in [-0.05, 0) is 48.0 Å². The molecule has 45 heavy (non-hydrogen) atoms. The number of phenols is 2. The van der Waals surface area contributed by atoms with Crippen LogP contribution in [-0.4, -0.2) is 20.2 Å². The van der Waals surface area contributed by atoms with Gasteiger partial charge in [0.1, 0.15) is 22.9 Å². The Kier molecular flexibility index (Phi) is 10.5. The number of aromatic nitrogens is 2. The smallest absolute Gasteiger partial charge is 0.417 e. The molecule has 0 saturated heterocycles. The van der Waals surface area contributed by atoms with Crippen molar-refractivity contribution in [2.45, 2.75) is 13.1 Å². The zero-order valence-corrected chi connectivity index (χ0v) is 24.9. The van der Waals surface area contributed by atoms with Crippen LogP contribution in [-0.2, 0) is 23.2 Å². The van der Waals surface area contributed by atoms with E-state index in [2.05, 4.69) is 30.4 Å². The number of pyridine rings is 2. The third-order valence-corrected chi connectivity index (χ3v) is 6.56. The van der Waals surface area contributed by atoms with Gasteiger partial charge in [-0.3, -0.25) is 0 Å². The van der Waals surface area contributed by atoms with E-state index in [1.807, 2.05) is 61.5 Å². The Morgan fingerprint density at radius 1 is 0.689 bits per heavy atom. The van der Waals surface area contributed by atoms with Crippen LogP contribution >= 0.6 is 11.6 Å². The molecule has 0 saturated carbocycles. The van der Waals surface area contributed by atoms with Crippen LogP contribution in [0.3, 0.4) is 0 Å². The number of rotatable bonds is 4. The van der Waals surface area contributed by atoms with E-state index < -0.39 is 11.7 Å².